The topological polar surface area (TPSA) is 47.4 Å². The molecule has 1 aromatic carbocycles. The maximum atomic E-state index is 13.1. The third-order valence-corrected chi connectivity index (χ3v) is 3.10. The summed E-state index contributed by atoms with van der Waals surface area (Å²) in [6, 6.07) is 4.49. The summed E-state index contributed by atoms with van der Waals surface area (Å²) in [5.41, 5.74) is 1.58. The molecule has 5 heteroatoms. The first-order valence-corrected chi connectivity index (χ1v) is 5.81. The van der Waals surface area contributed by atoms with E-state index in [2.05, 4.69) is 0 Å². The highest BCUT2D eigenvalue weighted by Gasteiger charge is 2.24. The van der Waals surface area contributed by atoms with Crippen LogP contribution in [-0.4, -0.2) is 42.2 Å². The lowest BCUT2D eigenvalue weighted by atomic mass is 10.1. The second-order valence-electron chi connectivity index (χ2n) is 4.61. The maximum absolute atomic E-state index is 13.1. The number of nitrogens with zero attached hydrogens (tertiary/aromatic N) is 2. The number of hydrogen-bond acceptors (Lipinski definition) is 2. The molecule has 2 rings (SSSR count). The van der Waals surface area contributed by atoms with E-state index in [0.717, 1.165) is 5.56 Å². The van der Waals surface area contributed by atoms with E-state index in [9.17, 15) is 9.18 Å². The Hall–Kier alpha value is -1.91. The zero-order valence-corrected chi connectivity index (χ0v) is 10.5. The van der Waals surface area contributed by atoms with Crippen molar-refractivity contribution in [2.75, 3.05) is 20.6 Å². The number of hydrogen-bond donors (Lipinski definition) is 1. The predicted molar refractivity (Wildman–Crippen MR) is 66.9 cm³/mol. The van der Waals surface area contributed by atoms with Crippen molar-refractivity contribution in [3.8, 4) is 0 Å². The Morgan fingerprint density at radius 2 is 2.22 bits per heavy atom. The molecule has 96 valence electrons. The van der Waals surface area contributed by atoms with Crippen LogP contribution in [0.25, 0.3) is 0 Å². The molecule has 0 saturated heterocycles. The molecule has 0 aromatic heterocycles. The standard InChI is InChI=1S/C13H16FN3O/c1-16(2)12(18)5-6-17-8-9-3-4-10(14)7-11(9)13(17)15/h3-4,7,15H,5-6,8H2,1-2H3. The van der Waals surface area contributed by atoms with Gasteiger partial charge in [-0.2, -0.15) is 0 Å². The van der Waals surface area contributed by atoms with Crippen molar-refractivity contribution in [1.82, 2.24) is 9.80 Å². The van der Waals surface area contributed by atoms with Gasteiger partial charge in [-0.25, -0.2) is 4.39 Å². The van der Waals surface area contributed by atoms with Crippen molar-refractivity contribution in [2.45, 2.75) is 13.0 Å². The number of amides is 1. The van der Waals surface area contributed by atoms with Crippen LogP contribution in [-0.2, 0) is 11.3 Å². The van der Waals surface area contributed by atoms with Crippen LogP contribution in [0.2, 0.25) is 0 Å². The van der Waals surface area contributed by atoms with Gasteiger partial charge in [-0.3, -0.25) is 10.2 Å². The van der Waals surface area contributed by atoms with Crippen LogP contribution in [0, 0.1) is 11.2 Å². The molecule has 0 bridgehead atoms. The molecule has 0 atom stereocenters. The molecule has 1 N–H and O–H groups in total. The van der Waals surface area contributed by atoms with E-state index >= 15 is 0 Å². The molecule has 1 aromatic rings. The Morgan fingerprint density at radius 3 is 2.89 bits per heavy atom. The SMILES string of the molecule is CN(C)C(=O)CCN1Cc2ccc(F)cc2C1=N. The van der Waals surface area contributed by atoms with E-state index in [1.54, 1.807) is 25.1 Å². The van der Waals surface area contributed by atoms with E-state index in [4.69, 9.17) is 5.41 Å². The maximum Gasteiger partial charge on any atom is 0.223 e. The fraction of sp³-hybridized carbons (Fsp3) is 0.385. The molecule has 0 fully saturated rings. The first kappa shape index (κ1) is 12.5. The number of carbonyl (C=O) groups is 1. The van der Waals surface area contributed by atoms with Crippen molar-refractivity contribution >= 4 is 11.7 Å². The highest BCUT2D eigenvalue weighted by atomic mass is 19.1. The Morgan fingerprint density at radius 1 is 1.50 bits per heavy atom. The molecule has 0 radical (unpaired) electrons. The highest BCUT2D eigenvalue weighted by Crippen LogP contribution is 2.23. The van der Waals surface area contributed by atoms with Gasteiger partial charge < -0.3 is 9.80 Å². The van der Waals surface area contributed by atoms with Crippen LogP contribution in [0.4, 0.5) is 4.39 Å². The third-order valence-electron chi connectivity index (χ3n) is 3.10. The normalized spacial score (nSPS) is 13.7. The highest BCUT2D eigenvalue weighted by molar-refractivity contribution is 6.00. The molecular weight excluding hydrogens is 233 g/mol. The predicted octanol–water partition coefficient (Wildman–Crippen LogP) is 1.44. The van der Waals surface area contributed by atoms with Crippen molar-refractivity contribution in [2.24, 2.45) is 0 Å². The van der Waals surface area contributed by atoms with Gasteiger partial charge in [-0.05, 0) is 17.7 Å². The van der Waals surface area contributed by atoms with Crippen LogP contribution >= 0.6 is 0 Å². The second-order valence-corrected chi connectivity index (χ2v) is 4.61. The summed E-state index contributed by atoms with van der Waals surface area (Å²) in [7, 11) is 3.42. The fourth-order valence-corrected chi connectivity index (χ4v) is 2.01. The van der Waals surface area contributed by atoms with Gasteiger partial charge in [0.25, 0.3) is 0 Å². The van der Waals surface area contributed by atoms with Crippen molar-refractivity contribution in [1.29, 1.82) is 5.41 Å². The van der Waals surface area contributed by atoms with Gasteiger partial charge in [-0.15, -0.1) is 0 Å². The number of fused-ring (bicyclic) bond motifs is 1. The van der Waals surface area contributed by atoms with Crippen LogP contribution in [0.1, 0.15) is 17.5 Å². The molecule has 4 nitrogen and oxygen atoms in total. The first-order valence-electron chi connectivity index (χ1n) is 5.81. The molecule has 0 unspecified atom stereocenters. The summed E-state index contributed by atoms with van der Waals surface area (Å²) in [6.45, 7) is 1.07. The number of rotatable bonds is 3. The van der Waals surface area contributed by atoms with Crippen LogP contribution in [0.3, 0.4) is 0 Å². The summed E-state index contributed by atoms with van der Waals surface area (Å²) in [4.78, 5) is 14.8. The van der Waals surface area contributed by atoms with E-state index in [-0.39, 0.29) is 11.7 Å². The Balaban J connectivity index is 2.03. The zero-order chi connectivity index (χ0) is 13.3. The lowest BCUT2D eigenvalue weighted by Crippen LogP contribution is -2.30. The number of halogens is 1. The second kappa shape index (κ2) is 4.76. The average Bonchev–Trinajstić information content (AvgIpc) is 2.63. The van der Waals surface area contributed by atoms with Gasteiger partial charge in [-0.1, -0.05) is 6.07 Å². The Kier molecular flexibility index (Phi) is 3.32. The summed E-state index contributed by atoms with van der Waals surface area (Å²) >= 11 is 0. The Bertz CT molecular complexity index is 499. The molecule has 0 saturated carbocycles. The van der Waals surface area contributed by atoms with E-state index < -0.39 is 0 Å². The molecule has 0 spiro atoms. The van der Waals surface area contributed by atoms with E-state index in [0.29, 0.717) is 30.9 Å². The van der Waals surface area contributed by atoms with Crippen molar-refractivity contribution in [3.05, 3.63) is 35.1 Å². The smallest absolute Gasteiger partial charge is 0.223 e. The van der Waals surface area contributed by atoms with Crippen molar-refractivity contribution < 1.29 is 9.18 Å². The minimum Gasteiger partial charge on any atom is -0.352 e. The van der Waals surface area contributed by atoms with Gasteiger partial charge in [0.1, 0.15) is 11.7 Å². The van der Waals surface area contributed by atoms with Gasteiger partial charge in [0, 0.05) is 39.2 Å². The Labute approximate surface area is 106 Å². The zero-order valence-electron chi connectivity index (χ0n) is 10.5. The van der Waals surface area contributed by atoms with E-state index in [1.807, 2.05) is 0 Å². The van der Waals surface area contributed by atoms with Gasteiger partial charge in [0.15, 0.2) is 0 Å². The molecule has 1 aliphatic heterocycles. The third kappa shape index (κ3) is 2.34. The molecule has 18 heavy (non-hydrogen) atoms. The summed E-state index contributed by atoms with van der Waals surface area (Å²) in [5, 5.41) is 7.97. The van der Waals surface area contributed by atoms with Crippen LogP contribution < -0.4 is 0 Å². The average molecular weight is 249 g/mol. The van der Waals surface area contributed by atoms with Gasteiger partial charge >= 0.3 is 0 Å². The van der Waals surface area contributed by atoms with E-state index in [1.165, 1.54) is 17.0 Å². The fourth-order valence-electron chi connectivity index (χ4n) is 2.01. The van der Waals surface area contributed by atoms with Crippen LogP contribution in [0.15, 0.2) is 18.2 Å². The minimum absolute atomic E-state index is 0.0323. The molecule has 0 aliphatic carbocycles. The van der Waals surface area contributed by atoms with Gasteiger partial charge in [0.05, 0.1) is 0 Å². The molecular formula is C13H16FN3O. The first-order chi connectivity index (χ1) is 8.49. The van der Waals surface area contributed by atoms with Gasteiger partial charge in [0.2, 0.25) is 5.91 Å². The molecule has 1 aliphatic rings. The lowest BCUT2D eigenvalue weighted by Gasteiger charge is -2.18. The minimum atomic E-state index is -0.329. The van der Waals surface area contributed by atoms with Crippen molar-refractivity contribution in [3.63, 3.8) is 0 Å². The summed E-state index contributed by atoms with van der Waals surface area (Å²) in [5.74, 6) is 0.00529. The summed E-state index contributed by atoms with van der Waals surface area (Å²) < 4.78 is 13.1. The number of amidine groups is 1. The monoisotopic (exact) mass is 249 g/mol. The molecule has 1 heterocycles. The number of nitrogens with one attached hydrogen (secondary N) is 1. The number of benzene rings is 1. The molecule has 1 amide bonds. The quantitative estimate of drug-likeness (QED) is 0.881. The van der Waals surface area contributed by atoms with Crippen LogP contribution in [0.5, 0.6) is 0 Å². The lowest BCUT2D eigenvalue weighted by molar-refractivity contribution is -0.128. The number of carbonyl (C=O) groups excluding carboxylic acids is 1. The summed E-state index contributed by atoms with van der Waals surface area (Å²) in [6.07, 6.45) is 0.367. The largest absolute Gasteiger partial charge is 0.352 e.